The van der Waals surface area contributed by atoms with Crippen LogP contribution in [0.1, 0.15) is 158 Å². The van der Waals surface area contributed by atoms with Crippen LogP contribution < -0.4 is 25.2 Å². The number of alkyl halides is 5. The Balaban J connectivity index is 0.000000185. The molecule has 6 heterocycles. The van der Waals surface area contributed by atoms with Crippen LogP contribution in [-0.4, -0.2) is 216 Å². The van der Waals surface area contributed by atoms with Gasteiger partial charge in [-0.05, 0) is 234 Å². The molecule has 6 fully saturated rings. The van der Waals surface area contributed by atoms with Gasteiger partial charge < -0.3 is 64.8 Å². The van der Waals surface area contributed by atoms with Crippen molar-refractivity contribution < 1.29 is 65.7 Å². The lowest BCUT2D eigenvalue weighted by Gasteiger charge is -2.44. The summed E-state index contributed by atoms with van der Waals surface area (Å²) in [6.07, 6.45) is 5.92. The minimum Gasteiger partial charge on any atom is -0.497 e. The molecule has 0 radical (unpaired) electrons. The van der Waals surface area contributed by atoms with E-state index in [1.54, 1.807) is 111 Å². The molecule has 6 aromatic rings. The topological polar surface area (TPSA) is 207 Å². The van der Waals surface area contributed by atoms with Crippen LogP contribution in [0.25, 0.3) is 0 Å². The van der Waals surface area contributed by atoms with Crippen LogP contribution >= 0.6 is 46.4 Å². The standard InChI is InChI=1S/C31H42ClN3O4.C29H35Cl2F3N4O2.C29H36ClF2N3O3/c1-30(13-17-34(18-14-30)24-9-10-26(27(32)20-24)28(36)33(3)4)21-22-11-15-35(16-12-22)29(37)31(2,38)23-7-6-8-25(19-23)39-5;1-36(2)26(39)24-7-6-23(18-25(24)31)37-12-8-19(9-13-37)16-20-10-14-38(15-11-20)27(40)28(35,29(32,33)34)21-4-3-5-22(30)17-21;1-33(2)26(36)24-9-8-23(19-25(24)30)34-14-10-20(11-15-34)18-21-12-16-35(17-13-21)28(37)29(38,27(31)32)22-6-4-3-5-7-22/h6-10,19-20,22,38H,11-18,21H2,1-5H3;3-7,17-20H,8-16,35H2,1-2H3;3-9,19-21,27,38H,10-18H2,1-2H3/t31-;;29-/m1.0/s1. The molecule has 636 valence electrons. The Bertz CT molecular complexity index is 4400. The van der Waals surface area contributed by atoms with E-state index in [1.165, 1.54) is 54.8 Å². The number of likely N-dealkylation sites (tertiary alicyclic amines) is 3. The van der Waals surface area contributed by atoms with Crippen LogP contribution in [0, 0.1) is 35.0 Å². The van der Waals surface area contributed by atoms with Gasteiger partial charge in [-0.3, -0.25) is 28.8 Å². The molecule has 117 heavy (non-hydrogen) atoms. The Morgan fingerprint density at radius 3 is 1.21 bits per heavy atom. The number of carbonyl (C=O) groups is 6. The number of hydrogen-bond acceptors (Lipinski definition) is 13. The van der Waals surface area contributed by atoms with Gasteiger partial charge in [-0.25, -0.2) is 8.78 Å². The zero-order chi connectivity index (χ0) is 85.1. The third-order valence-electron chi connectivity index (χ3n) is 24.9. The second kappa shape index (κ2) is 39.5. The van der Waals surface area contributed by atoms with Gasteiger partial charge in [-0.2, -0.15) is 13.2 Å². The zero-order valence-corrected chi connectivity index (χ0v) is 71.5. The minimum absolute atomic E-state index is 0.0749. The molecular formula is C89H113Cl4F5N10O9. The monoisotopic (exact) mass is 1700 g/mol. The van der Waals surface area contributed by atoms with Gasteiger partial charge in [0.1, 0.15) is 5.75 Å². The molecule has 0 bridgehead atoms. The summed E-state index contributed by atoms with van der Waals surface area (Å²) in [5.74, 6) is 0.391. The van der Waals surface area contributed by atoms with Gasteiger partial charge in [0.25, 0.3) is 41.9 Å². The Kier molecular flexibility index (Phi) is 30.8. The van der Waals surface area contributed by atoms with E-state index in [0.717, 1.165) is 146 Å². The number of piperidine rings is 6. The van der Waals surface area contributed by atoms with E-state index in [0.29, 0.717) is 112 Å². The van der Waals surface area contributed by atoms with Crippen molar-refractivity contribution in [2.75, 3.05) is 143 Å². The number of anilines is 3. The van der Waals surface area contributed by atoms with Crippen molar-refractivity contribution in [3.8, 4) is 5.75 Å². The van der Waals surface area contributed by atoms with Gasteiger partial charge >= 0.3 is 6.18 Å². The van der Waals surface area contributed by atoms with E-state index >= 15 is 0 Å². The third kappa shape index (κ3) is 22.0. The fourth-order valence-electron chi connectivity index (χ4n) is 17.5. The van der Waals surface area contributed by atoms with Crippen molar-refractivity contribution in [1.82, 2.24) is 29.4 Å². The van der Waals surface area contributed by atoms with Crippen molar-refractivity contribution in [1.29, 1.82) is 0 Å². The van der Waals surface area contributed by atoms with Crippen LogP contribution in [0.15, 0.2) is 133 Å². The highest BCUT2D eigenvalue weighted by molar-refractivity contribution is 6.35. The van der Waals surface area contributed by atoms with Crippen molar-refractivity contribution in [3.05, 3.63) is 187 Å². The largest absolute Gasteiger partial charge is 0.497 e. The van der Waals surface area contributed by atoms with Gasteiger partial charge in [0.15, 0.2) is 5.60 Å². The number of hydrogen-bond donors (Lipinski definition) is 3. The molecule has 19 nitrogen and oxygen atoms in total. The summed E-state index contributed by atoms with van der Waals surface area (Å²) in [5, 5.41) is 23.3. The number of halogens is 9. The van der Waals surface area contributed by atoms with E-state index < -0.39 is 41.2 Å². The van der Waals surface area contributed by atoms with Crippen LogP contribution in [0.3, 0.4) is 0 Å². The molecule has 6 amide bonds. The van der Waals surface area contributed by atoms with Gasteiger partial charge in [0.2, 0.25) is 11.1 Å². The van der Waals surface area contributed by atoms with E-state index in [9.17, 15) is 60.9 Å². The molecule has 1 unspecified atom stereocenters. The van der Waals surface area contributed by atoms with E-state index in [-0.39, 0.29) is 58.3 Å². The Morgan fingerprint density at radius 2 is 0.829 bits per heavy atom. The van der Waals surface area contributed by atoms with Gasteiger partial charge in [0, 0.05) is 143 Å². The van der Waals surface area contributed by atoms with Crippen molar-refractivity contribution in [2.45, 2.75) is 140 Å². The van der Waals surface area contributed by atoms with Crippen molar-refractivity contribution >= 4 is 98.9 Å². The zero-order valence-electron chi connectivity index (χ0n) is 68.5. The maximum absolute atomic E-state index is 14.1. The molecule has 6 saturated heterocycles. The third-order valence-corrected chi connectivity index (χ3v) is 26.0. The predicted molar refractivity (Wildman–Crippen MR) is 452 cm³/mol. The van der Waals surface area contributed by atoms with Crippen LogP contribution in [0.2, 0.25) is 20.1 Å². The SMILES string of the molecule is CN(C)C(=O)c1ccc(N2CCC(CC3CCN(C(=O)C(N)(c4cccc(Cl)c4)C(F)(F)F)CC3)CC2)cc1Cl.CN(C)C(=O)c1ccc(N2CCC(CC3CCN(C(=O)[C@](O)(c4ccccc4)C(F)F)CC3)CC2)cc1Cl.COc1cccc([C@@](C)(O)C(=O)N2CCC(CC3(C)CCN(c4ccc(C(=O)N(C)C)c(Cl)c4)CC3)CC2)c1. The second-order valence-corrected chi connectivity index (χ2v) is 35.3. The van der Waals surface area contributed by atoms with Crippen molar-refractivity contribution in [3.63, 3.8) is 0 Å². The van der Waals surface area contributed by atoms with Gasteiger partial charge in [-0.15, -0.1) is 0 Å². The summed E-state index contributed by atoms with van der Waals surface area (Å²) in [6, 6.07) is 36.6. The number of rotatable bonds is 20. The highest BCUT2D eigenvalue weighted by Gasteiger charge is 2.60. The average Bonchev–Trinajstić information content (AvgIpc) is 0.755. The highest BCUT2D eigenvalue weighted by atomic mass is 35.5. The lowest BCUT2D eigenvalue weighted by molar-refractivity contribution is -0.201. The smallest absolute Gasteiger partial charge is 0.419 e. The number of amides is 6. The quantitative estimate of drug-likeness (QED) is 0.0609. The predicted octanol–water partition coefficient (Wildman–Crippen LogP) is 16.2. The van der Waals surface area contributed by atoms with Crippen LogP contribution in [0.5, 0.6) is 5.75 Å². The summed E-state index contributed by atoms with van der Waals surface area (Å²) in [4.78, 5) is 92.2. The molecule has 0 aromatic heterocycles. The molecule has 6 aromatic carbocycles. The second-order valence-electron chi connectivity index (χ2n) is 33.7. The molecular weight excluding hydrogens is 1590 g/mol. The summed E-state index contributed by atoms with van der Waals surface area (Å²) >= 11 is 25.2. The number of methoxy groups -OCH3 is 1. The molecule has 6 aliphatic heterocycles. The highest BCUT2D eigenvalue weighted by Crippen LogP contribution is 2.45. The minimum atomic E-state index is -4.97. The van der Waals surface area contributed by atoms with E-state index in [4.69, 9.17) is 56.9 Å². The summed E-state index contributed by atoms with van der Waals surface area (Å²) in [6.45, 7) is 12.0. The maximum Gasteiger partial charge on any atom is 0.419 e. The fourth-order valence-corrected chi connectivity index (χ4v) is 18.4. The molecule has 6 aliphatic rings. The van der Waals surface area contributed by atoms with Gasteiger partial charge in [-0.1, -0.05) is 108 Å². The first-order valence-corrected chi connectivity index (χ1v) is 42.1. The molecule has 4 N–H and O–H groups in total. The molecule has 0 saturated carbocycles. The fraction of sp³-hybridized carbons (Fsp3) is 0.528. The Labute approximate surface area is 705 Å². The molecule has 3 atom stereocenters. The van der Waals surface area contributed by atoms with E-state index in [1.807, 2.05) is 47.4 Å². The van der Waals surface area contributed by atoms with Crippen molar-refractivity contribution in [2.24, 2.45) is 40.7 Å². The summed E-state index contributed by atoms with van der Waals surface area (Å²) in [5.41, 5.74) is 3.22. The maximum atomic E-state index is 14.1. The normalized spacial score (nSPS) is 19.1. The van der Waals surface area contributed by atoms with Gasteiger partial charge in [0.05, 0.1) is 38.9 Å². The van der Waals surface area contributed by atoms with Crippen LogP contribution in [0.4, 0.5) is 39.0 Å². The molecule has 0 spiro atoms. The van der Waals surface area contributed by atoms with Crippen LogP contribution in [-0.2, 0) is 31.1 Å². The number of benzene rings is 6. The average molecular weight is 1700 g/mol. The summed E-state index contributed by atoms with van der Waals surface area (Å²) in [7, 11) is 11.8. The Hall–Kier alpha value is -7.97. The lowest BCUT2D eigenvalue weighted by atomic mass is 9.71. The molecule has 0 aliphatic carbocycles. The first kappa shape index (κ1) is 91.3. The first-order chi connectivity index (χ1) is 55.3. The lowest BCUT2D eigenvalue weighted by Crippen LogP contribution is -2.62. The number of aliphatic hydroxyl groups is 2. The summed E-state index contributed by atoms with van der Waals surface area (Å²) < 4.78 is 75.5. The first-order valence-electron chi connectivity index (χ1n) is 40.6. The van der Waals surface area contributed by atoms with E-state index in [2.05, 4.69) is 21.6 Å². The molecule has 28 heteroatoms. The molecule has 12 rings (SSSR count). The number of nitrogens with two attached hydrogens (primary N) is 1. The Morgan fingerprint density at radius 1 is 0.470 bits per heavy atom. The number of carbonyl (C=O) groups excluding carboxylic acids is 6. The number of nitrogens with zero attached hydrogens (tertiary/aromatic N) is 9. The number of ether oxygens (including phenoxy) is 1.